The molecule has 13 heavy (non-hydrogen) atoms. The van der Waals surface area contributed by atoms with Gasteiger partial charge in [-0.3, -0.25) is 0 Å². The van der Waals surface area contributed by atoms with Gasteiger partial charge in [0, 0.05) is 23.9 Å². The van der Waals surface area contributed by atoms with Crippen molar-refractivity contribution in [2.75, 3.05) is 0 Å². The predicted molar refractivity (Wildman–Crippen MR) is 51.4 cm³/mol. The molecular weight excluding hydrogens is 189 g/mol. The number of alkyl halides is 1. The van der Waals surface area contributed by atoms with E-state index in [2.05, 4.69) is 0 Å². The molecule has 0 atom stereocenters. The molecule has 1 aromatic rings. The molecule has 0 aromatic heterocycles. The van der Waals surface area contributed by atoms with Gasteiger partial charge >= 0.3 is 0 Å². The Morgan fingerprint density at radius 2 is 2.15 bits per heavy atom. The highest BCUT2D eigenvalue weighted by Crippen LogP contribution is 2.44. The first kappa shape index (κ1) is 8.97. The highest BCUT2D eigenvalue weighted by Gasteiger charge is 2.44. The molecule has 1 saturated carbocycles. The molecule has 0 bridgehead atoms. The minimum Gasteiger partial charge on any atom is -0.327 e. The average Bonchev–Trinajstić information content (AvgIpc) is 2.02. The van der Waals surface area contributed by atoms with Crippen LogP contribution in [0.5, 0.6) is 0 Å². The summed E-state index contributed by atoms with van der Waals surface area (Å²) in [6, 6.07) is 6.95. The van der Waals surface area contributed by atoms with E-state index in [0.29, 0.717) is 23.4 Å². The van der Waals surface area contributed by atoms with Gasteiger partial charge in [0.25, 0.3) is 0 Å². The molecule has 0 amide bonds. The fourth-order valence-corrected chi connectivity index (χ4v) is 1.96. The molecule has 1 nitrogen and oxygen atoms in total. The Balaban J connectivity index is 2.26. The lowest BCUT2D eigenvalue weighted by Gasteiger charge is -2.39. The summed E-state index contributed by atoms with van der Waals surface area (Å²) >= 11 is 5.77. The first-order valence-corrected chi connectivity index (χ1v) is 4.68. The van der Waals surface area contributed by atoms with Crippen LogP contribution in [0, 0.1) is 0 Å². The summed E-state index contributed by atoms with van der Waals surface area (Å²) in [5.74, 6) is 0. The Kier molecular flexibility index (Phi) is 2.05. The zero-order valence-electron chi connectivity index (χ0n) is 7.13. The summed E-state index contributed by atoms with van der Waals surface area (Å²) in [5, 5.41) is 0.579. The zero-order chi connectivity index (χ0) is 9.47. The van der Waals surface area contributed by atoms with Crippen LogP contribution in [-0.4, -0.2) is 6.04 Å². The van der Waals surface area contributed by atoms with Gasteiger partial charge in [-0.15, -0.1) is 0 Å². The zero-order valence-corrected chi connectivity index (χ0v) is 7.89. The molecule has 0 spiro atoms. The molecule has 3 heteroatoms. The van der Waals surface area contributed by atoms with Crippen molar-refractivity contribution < 1.29 is 4.39 Å². The highest BCUT2D eigenvalue weighted by molar-refractivity contribution is 6.30. The Hall–Kier alpha value is -0.600. The van der Waals surface area contributed by atoms with Gasteiger partial charge in [-0.2, -0.15) is 0 Å². The summed E-state index contributed by atoms with van der Waals surface area (Å²) < 4.78 is 13.9. The van der Waals surface area contributed by atoms with Crippen molar-refractivity contribution in [1.29, 1.82) is 0 Å². The van der Waals surface area contributed by atoms with Gasteiger partial charge in [0.15, 0.2) is 0 Å². The smallest absolute Gasteiger partial charge is 0.139 e. The largest absolute Gasteiger partial charge is 0.327 e. The van der Waals surface area contributed by atoms with Crippen LogP contribution < -0.4 is 5.73 Å². The molecule has 0 heterocycles. The summed E-state index contributed by atoms with van der Waals surface area (Å²) in [5.41, 5.74) is 4.98. The summed E-state index contributed by atoms with van der Waals surface area (Å²) in [6.45, 7) is 0. The number of benzene rings is 1. The van der Waals surface area contributed by atoms with E-state index in [0.717, 1.165) is 0 Å². The molecule has 1 fully saturated rings. The molecular formula is C10H11ClFN. The van der Waals surface area contributed by atoms with Crippen LogP contribution in [0.25, 0.3) is 0 Å². The Morgan fingerprint density at radius 1 is 1.46 bits per heavy atom. The second-order valence-corrected chi connectivity index (χ2v) is 4.08. The van der Waals surface area contributed by atoms with Gasteiger partial charge in [0.2, 0.25) is 0 Å². The number of rotatable bonds is 1. The lowest BCUT2D eigenvalue weighted by Crippen LogP contribution is -2.46. The molecule has 0 radical (unpaired) electrons. The topological polar surface area (TPSA) is 26.0 Å². The maximum atomic E-state index is 13.9. The minimum atomic E-state index is -1.23. The van der Waals surface area contributed by atoms with E-state index in [-0.39, 0.29) is 6.04 Å². The molecule has 1 aliphatic carbocycles. The van der Waals surface area contributed by atoms with Crippen LogP contribution in [0.1, 0.15) is 18.4 Å². The van der Waals surface area contributed by atoms with E-state index in [1.807, 2.05) is 0 Å². The molecule has 0 unspecified atom stereocenters. The highest BCUT2D eigenvalue weighted by atomic mass is 35.5. The van der Waals surface area contributed by atoms with Crippen molar-refractivity contribution in [3.63, 3.8) is 0 Å². The van der Waals surface area contributed by atoms with Crippen LogP contribution in [0.15, 0.2) is 24.3 Å². The first-order valence-electron chi connectivity index (χ1n) is 4.31. The van der Waals surface area contributed by atoms with Crippen LogP contribution in [-0.2, 0) is 5.67 Å². The third-order valence-corrected chi connectivity index (χ3v) is 2.75. The molecule has 0 saturated heterocycles. The first-order chi connectivity index (χ1) is 6.10. The SMILES string of the molecule is NC1CC(F)(c2cccc(Cl)c2)C1. The van der Waals surface area contributed by atoms with E-state index in [9.17, 15) is 4.39 Å². The molecule has 0 aliphatic heterocycles. The van der Waals surface area contributed by atoms with Crippen molar-refractivity contribution in [1.82, 2.24) is 0 Å². The lowest BCUT2D eigenvalue weighted by atomic mass is 9.73. The Bertz CT molecular complexity index is 320. The summed E-state index contributed by atoms with van der Waals surface area (Å²) in [6.07, 6.45) is 0.820. The van der Waals surface area contributed by atoms with Crippen LogP contribution in [0.2, 0.25) is 5.02 Å². The van der Waals surface area contributed by atoms with Gasteiger partial charge in [-0.05, 0) is 17.7 Å². The van der Waals surface area contributed by atoms with E-state index < -0.39 is 5.67 Å². The van der Waals surface area contributed by atoms with Crippen LogP contribution >= 0.6 is 11.6 Å². The fraction of sp³-hybridized carbons (Fsp3) is 0.400. The van der Waals surface area contributed by atoms with E-state index in [1.54, 1.807) is 24.3 Å². The van der Waals surface area contributed by atoms with Crippen molar-refractivity contribution >= 4 is 11.6 Å². The quantitative estimate of drug-likeness (QED) is 0.740. The normalized spacial score (nSPS) is 32.7. The Labute approximate surface area is 81.7 Å². The van der Waals surface area contributed by atoms with Crippen molar-refractivity contribution in [3.8, 4) is 0 Å². The molecule has 2 rings (SSSR count). The van der Waals surface area contributed by atoms with Gasteiger partial charge in [-0.1, -0.05) is 23.7 Å². The average molecular weight is 200 g/mol. The van der Waals surface area contributed by atoms with Crippen LogP contribution in [0.3, 0.4) is 0 Å². The lowest BCUT2D eigenvalue weighted by molar-refractivity contribution is 0.0406. The number of hydrogen-bond donors (Lipinski definition) is 1. The van der Waals surface area contributed by atoms with Gasteiger partial charge < -0.3 is 5.73 Å². The molecule has 70 valence electrons. The van der Waals surface area contributed by atoms with Gasteiger partial charge in [0.05, 0.1) is 0 Å². The van der Waals surface area contributed by atoms with Crippen molar-refractivity contribution in [3.05, 3.63) is 34.9 Å². The molecule has 2 N–H and O–H groups in total. The Morgan fingerprint density at radius 3 is 2.69 bits per heavy atom. The second kappa shape index (κ2) is 2.96. The monoisotopic (exact) mass is 199 g/mol. The third-order valence-electron chi connectivity index (χ3n) is 2.51. The number of nitrogens with two attached hydrogens (primary N) is 1. The number of halogens is 2. The minimum absolute atomic E-state index is 0.00369. The number of hydrogen-bond acceptors (Lipinski definition) is 1. The summed E-state index contributed by atoms with van der Waals surface area (Å²) in [7, 11) is 0. The maximum absolute atomic E-state index is 13.9. The fourth-order valence-electron chi connectivity index (χ4n) is 1.77. The summed E-state index contributed by atoms with van der Waals surface area (Å²) in [4.78, 5) is 0. The van der Waals surface area contributed by atoms with E-state index in [4.69, 9.17) is 17.3 Å². The van der Waals surface area contributed by atoms with Gasteiger partial charge in [0.1, 0.15) is 5.67 Å². The standard InChI is InChI=1S/C10H11ClFN/c11-8-3-1-2-7(4-8)10(12)5-9(13)6-10/h1-4,9H,5-6,13H2. The maximum Gasteiger partial charge on any atom is 0.139 e. The third kappa shape index (κ3) is 1.56. The van der Waals surface area contributed by atoms with Crippen LogP contribution in [0.4, 0.5) is 4.39 Å². The van der Waals surface area contributed by atoms with E-state index >= 15 is 0 Å². The van der Waals surface area contributed by atoms with Crippen molar-refractivity contribution in [2.24, 2.45) is 5.73 Å². The van der Waals surface area contributed by atoms with Crippen molar-refractivity contribution in [2.45, 2.75) is 24.6 Å². The predicted octanol–water partition coefficient (Wildman–Crippen LogP) is 2.63. The van der Waals surface area contributed by atoms with Gasteiger partial charge in [-0.25, -0.2) is 4.39 Å². The molecule has 1 aromatic carbocycles. The van der Waals surface area contributed by atoms with E-state index in [1.165, 1.54) is 0 Å². The second-order valence-electron chi connectivity index (χ2n) is 3.64. The molecule has 1 aliphatic rings.